The maximum Gasteiger partial charge on any atom is 0.505 e. The Morgan fingerprint density at radius 1 is 1.27 bits per heavy atom. The van der Waals surface area contributed by atoms with Gasteiger partial charge in [-0.05, 0) is 50.3 Å². The van der Waals surface area contributed by atoms with Gasteiger partial charge in [-0.3, -0.25) is 0 Å². The van der Waals surface area contributed by atoms with E-state index in [-0.39, 0.29) is 16.5 Å². The molecule has 2 saturated heterocycles. The molecule has 2 fully saturated rings. The molecule has 0 spiro atoms. The molecule has 2 aliphatic rings. The van der Waals surface area contributed by atoms with Crippen LogP contribution in [0.5, 0.6) is 0 Å². The summed E-state index contributed by atoms with van der Waals surface area (Å²) < 4.78 is 38.0. The first-order valence-corrected chi connectivity index (χ1v) is 8.52. The highest BCUT2D eigenvalue weighted by molar-refractivity contribution is 5.91. The molecule has 3 heterocycles. The van der Waals surface area contributed by atoms with Crippen LogP contribution < -0.4 is 5.32 Å². The van der Waals surface area contributed by atoms with Gasteiger partial charge >= 0.3 is 12.3 Å². The van der Waals surface area contributed by atoms with Gasteiger partial charge in [0.1, 0.15) is 6.33 Å². The predicted octanol–water partition coefficient (Wildman–Crippen LogP) is 3.89. The number of aromatic nitrogens is 3. The Labute approximate surface area is 148 Å². The van der Waals surface area contributed by atoms with Gasteiger partial charge in [-0.2, -0.15) is 4.68 Å². The normalized spacial score (nSPS) is 22.1. The van der Waals surface area contributed by atoms with Crippen molar-refractivity contribution in [2.24, 2.45) is 0 Å². The van der Waals surface area contributed by atoms with Crippen molar-refractivity contribution in [3.63, 3.8) is 0 Å². The van der Waals surface area contributed by atoms with E-state index in [9.17, 15) is 18.0 Å². The fourth-order valence-corrected chi connectivity index (χ4v) is 3.77. The van der Waals surface area contributed by atoms with E-state index in [0.717, 1.165) is 31.2 Å². The van der Waals surface area contributed by atoms with Crippen LogP contribution in [0.25, 0.3) is 11.4 Å². The summed E-state index contributed by atoms with van der Waals surface area (Å²) >= 11 is 0. The highest BCUT2D eigenvalue weighted by Gasteiger charge is 2.44. The first-order chi connectivity index (χ1) is 12.3. The number of nitrogens with one attached hydrogen (secondary N) is 1. The molecule has 2 atom stereocenters. The molecule has 0 saturated carbocycles. The van der Waals surface area contributed by atoms with Gasteiger partial charge in [-0.25, -0.2) is 9.78 Å². The van der Waals surface area contributed by atoms with Crippen LogP contribution in [0.3, 0.4) is 0 Å². The smallest absolute Gasteiger partial charge is 0.318 e. The number of urea groups is 1. The molecule has 0 aliphatic carbocycles. The maximum absolute atomic E-state index is 12.7. The Balaban J connectivity index is 1.55. The fraction of sp³-hybridized carbons (Fsp3) is 0.471. The van der Waals surface area contributed by atoms with Gasteiger partial charge in [0.25, 0.3) is 0 Å². The number of carbonyl (C=O) groups is 1. The summed E-state index contributed by atoms with van der Waals surface area (Å²) in [6.45, 7) is 1.76. The third kappa shape index (κ3) is 2.91. The molecule has 1 N–H and O–H groups in total. The lowest BCUT2D eigenvalue weighted by Crippen LogP contribution is -2.62. The van der Waals surface area contributed by atoms with Crippen LogP contribution in [0.2, 0.25) is 0 Å². The standard InChI is InChI=1S/C17H18F3N5O/c1-10-5-6-11(22-16(26)25-12-3-2-4-13(25)8-12)7-14(10)15-21-9-24(23-15)17(18,19)20/h5-7,9,12-13H,2-4,8H2,1H3,(H,22,26). The molecule has 6 nitrogen and oxygen atoms in total. The zero-order valence-electron chi connectivity index (χ0n) is 14.1. The quantitative estimate of drug-likeness (QED) is 0.878. The molecule has 1 aromatic carbocycles. The first kappa shape index (κ1) is 16.9. The summed E-state index contributed by atoms with van der Waals surface area (Å²) in [7, 11) is 0. The molecular formula is C17H18F3N5O. The van der Waals surface area contributed by atoms with Gasteiger partial charge in [-0.1, -0.05) is 6.07 Å². The van der Waals surface area contributed by atoms with E-state index in [0.29, 0.717) is 29.7 Å². The van der Waals surface area contributed by atoms with Gasteiger partial charge in [-0.15, -0.1) is 18.3 Å². The van der Waals surface area contributed by atoms with Crippen LogP contribution in [-0.2, 0) is 6.30 Å². The minimum atomic E-state index is -4.61. The van der Waals surface area contributed by atoms with E-state index in [4.69, 9.17) is 0 Å². The van der Waals surface area contributed by atoms with Crippen molar-refractivity contribution in [2.45, 2.75) is 51.0 Å². The second-order valence-electron chi connectivity index (χ2n) is 6.82. The number of nitrogens with zero attached hydrogens (tertiary/aromatic N) is 4. The number of anilines is 1. The first-order valence-electron chi connectivity index (χ1n) is 8.52. The van der Waals surface area contributed by atoms with Gasteiger partial charge in [0.2, 0.25) is 0 Å². The Hall–Kier alpha value is -2.58. The molecule has 138 valence electrons. The lowest BCUT2D eigenvalue weighted by atomic mass is 9.80. The molecule has 2 amide bonds. The summed E-state index contributed by atoms with van der Waals surface area (Å²) in [5.74, 6) is -0.0308. The van der Waals surface area contributed by atoms with E-state index >= 15 is 0 Å². The number of rotatable bonds is 2. The molecule has 2 aliphatic heterocycles. The molecule has 0 radical (unpaired) electrons. The van der Waals surface area contributed by atoms with Crippen molar-refractivity contribution in [2.75, 3.05) is 5.32 Å². The number of aryl methyl sites for hydroxylation is 1. The molecule has 2 unspecified atom stereocenters. The fourth-order valence-electron chi connectivity index (χ4n) is 3.77. The van der Waals surface area contributed by atoms with E-state index in [1.54, 1.807) is 25.1 Å². The molecule has 4 rings (SSSR count). The minimum Gasteiger partial charge on any atom is -0.318 e. The molecule has 9 heteroatoms. The minimum absolute atomic E-state index is 0.0308. The van der Waals surface area contributed by atoms with Crippen LogP contribution in [0.1, 0.15) is 31.2 Å². The SMILES string of the molecule is Cc1ccc(NC(=O)N2C3CCCC2C3)cc1-c1ncn(C(F)(F)F)n1. The number of amides is 2. The number of alkyl halides is 3. The van der Waals surface area contributed by atoms with Crippen molar-refractivity contribution in [1.82, 2.24) is 19.7 Å². The molecule has 2 bridgehead atoms. The third-order valence-corrected chi connectivity index (χ3v) is 5.12. The average molecular weight is 365 g/mol. The lowest BCUT2D eigenvalue weighted by Gasteiger charge is -2.52. The number of hydrogen-bond donors (Lipinski definition) is 1. The van der Waals surface area contributed by atoms with Gasteiger partial charge < -0.3 is 10.2 Å². The van der Waals surface area contributed by atoms with Crippen molar-refractivity contribution in [1.29, 1.82) is 0 Å². The van der Waals surface area contributed by atoms with E-state index < -0.39 is 6.30 Å². The van der Waals surface area contributed by atoms with Crippen molar-refractivity contribution >= 4 is 11.7 Å². The third-order valence-electron chi connectivity index (χ3n) is 5.12. The molecule has 1 aromatic heterocycles. The Morgan fingerprint density at radius 2 is 2.00 bits per heavy atom. The monoisotopic (exact) mass is 365 g/mol. The maximum atomic E-state index is 12.7. The second kappa shape index (κ2) is 6.00. The number of fused-ring (bicyclic) bond motifs is 2. The summed E-state index contributed by atoms with van der Waals surface area (Å²) in [5.41, 5.74) is 1.70. The van der Waals surface area contributed by atoms with Gasteiger partial charge in [0.05, 0.1) is 0 Å². The van der Waals surface area contributed by atoms with Crippen LogP contribution in [0.15, 0.2) is 24.5 Å². The van der Waals surface area contributed by atoms with Crippen molar-refractivity contribution < 1.29 is 18.0 Å². The zero-order chi connectivity index (χ0) is 18.5. The molecule has 2 aromatic rings. The van der Waals surface area contributed by atoms with Gasteiger partial charge in [0, 0.05) is 23.3 Å². The number of carbonyl (C=O) groups excluding carboxylic acids is 1. The number of benzene rings is 1. The Bertz CT molecular complexity index is 833. The predicted molar refractivity (Wildman–Crippen MR) is 88.4 cm³/mol. The van der Waals surface area contributed by atoms with Crippen LogP contribution >= 0.6 is 0 Å². The van der Waals surface area contributed by atoms with E-state index in [1.807, 2.05) is 4.90 Å². The van der Waals surface area contributed by atoms with Crippen molar-refractivity contribution in [3.8, 4) is 11.4 Å². The van der Waals surface area contributed by atoms with Crippen LogP contribution in [-0.4, -0.2) is 37.8 Å². The summed E-state index contributed by atoms with van der Waals surface area (Å²) in [5, 5.41) is 6.35. The van der Waals surface area contributed by atoms with E-state index in [2.05, 4.69) is 15.4 Å². The number of halogens is 3. The Morgan fingerprint density at radius 3 is 2.62 bits per heavy atom. The summed E-state index contributed by atoms with van der Waals surface area (Å²) in [4.78, 5) is 18.1. The lowest BCUT2D eigenvalue weighted by molar-refractivity contribution is -0.212. The largest absolute Gasteiger partial charge is 0.505 e. The zero-order valence-corrected chi connectivity index (χ0v) is 14.1. The van der Waals surface area contributed by atoms with E-state index in [1.165, 1.54) is 0 Å². The van der Waals surface area contributed by atoms with Crippen LogP contribution in [0, 0.1) is 6.92 Å². The van der Waals surface area contributed by atoms with Crippen LogP contribution in [0.4, 0.5) is 23.7 Å². The van der Waals surface area contributed by atoms with Crippen molar-refractivity contribution in [3.05, 3.63) is 30.1 Å². The second-order valence-corrected chi connectivity index (χ2v) is 6.82. The molecular weight excluding hydrogens is 347 g/mol. The topological polar surface area (TPSA) is 63.1 Å². The Kier molecular flexibility index (Phi) is 3.89. The number of hydrogen-bond acceptors (Lipinski definition) is 3. The van der Waals surface area contributed by atoms with Gasteiger partial charge in [0.15, 0.2) is 5.82 Å². The summed E-state index contributed by atoms with van der Waals surface area (Å²) in [6, 6.07) is 5.53. The summed E-state index contributed by atoms with van der Waals surface area (Å²) in [6.07, 6.45) is 0.304. The number of piperidine rings is 1. The highest BCUT2D eigenvalue weighted by Crippen LogP contribution is 2.38. The molecule has 26 heavy (non-hydrogen) atoms. The average Bonchev–Trinajstić information content (AvgIpc) is 3.07. The highest BCUT2D eigenvalue weighted by atomic mass is 19.4.